The van der Waals surface area contributed by atoms with Crippen LogP contribution in [0.4, 0.5) is 0 Å². The molecule has 208 valence electrons. The molecule has 4 rings (SSSR count). The van der Waals surface area contributed by atoms with Crippen molar-refractivity contribution >= 4 is 28.7 Å². The SMILES string of the molecule is CCOC(=O)c1c(C)n(C)c2ccc(OCCCCOc3ccc(C(=O)C=Cc4cccc(OC)c4)cc3)cc12. The van der Waals surface area contributed by atoms with Crippen LogP contribution >= 0.6 is 0 Å². The molecule has 4 aromatic rings. The Balaban J connectivity index is 1.22. The van der Waals surface area contributed by atoms with Gasteiger partial charge in [0.25, 0.3) is 0 Å². The van der Waals surface area contributed by atoms with Gasteiger partial charge in [-0.15, -0.1) is 0 Å². The Morgan fingerprint density at radius 3 is 2.27 bits per heavy atom. The van der Waals surface area contributed by atoms with E-state index < -0.39 is 0 Å². The Kier molecular flexibility index (Phi) is 9.62. The number of allylic oxidation sites excluding steroid dienone is 1. The number of methoxy groups -OCH3 is 1. The molecule has 0 fully saturated rings. The van der Waals surface area contributed by atoms with Gasteiger partial charge in [-0.25, -0.2) is 4.79 Å². The number of nitrogens with zero attached hydrogens (tertiary/aromatic N) is 1. The first-order valence-corrected chi connectivity index (χ1v) is 13.4. The van der Waals surface area contributed by atoms with Gasteiger partial charge in [-0.1, -0.05) is 18.2 Å². The van der Waals surface area contributed by atoms with E-state index in [2.05, 4.69) is 0 Å². The molecule has 7 heteroatoms. The maximum absolute atomic E-state index is 12.5. The molecule has 1 aromatic heterocycles. The molecule has 1 heterocycles. The van der Waals surface area contributed by atoms with E-state index in [0.717, 1.165) is 40.8 Å². The van der Waals surface area contributed by atoms with Gasteiger partial charge in [0.05, 0.1) is 32.5 Å². The molecule has 0 aliphatic heterocycles. The topological polar surface area (TPSA) is 76.0 Å². The first-order valence-electron chi connectivity index (χ1n) is 13.4. The zero-order valence-electron chi connectivity index (χ0n) is 23.4. The summed E-state index contributed by atoms with van der Waals surface area (Å²) in [5, 5.41) is 0.831. The first-order chi connectivity index (χ1) is 19.4. The number of ketones is 1. The maximum atomic E-state index is 12.5. The van der Waals surface area contributed by atoms with Gasteiger partial charge < -0.3 is 23.5 Å². The van der Waals surface area contributed by atoms with Crippen LogP contribution in [0.2, 0.25) is 0 Å². The molecule has 3 aromatic carbocycles. The first kappa shape index (κ1) is 28.5. The number of aryl methyl sites for hydroxylation is 1. The molecule has 0 saturated heterocycles. The number of carbonyl (C=O) groups excluding carboxylic acids is 2. The van der Waals surface area contributed by atoms with Crippen LogP contribution in [0.25, 0.3) is 17.0 Å². The lowest BCUT2D eigenvalue weighted by Crippen LogP contribution is -2.06. The van der Waals surface area contributed by atoms with E-state index in [1.54, 1.807) is 50.5 Å². The van der Waals surface area contributed by atoms with Gasteiger partial charge in [-0.2, -0.15) is 0 Å². The number of hydrogen-bond donors (Lipinski definition) is 0. The number of fused-ring (bicyclic) bond motifs is 1. The number of esters is 1. The summed E-state index contributed by atoms with van der Waals surface area (Å²) >= 11 is 0. The molecule has 40 heavy (non-hydrogen) atoms. The van der Waals surface area contributed by atoms with Crippen molar-refractivity contribution in [1.82, 2.24) is 4.57 Å². The molecule has 0 atom stereocenters. The zero-order valence-corrected chi connectivity index (χ0v) is 23.4. The van der Waals surface area contributed by atoms with E-state index in [4.69, 9.17) is 18.9 Å². The summed E-state index contributed by atoms with van der Waals surface area (Å²) in [4.78, 5) is 25.0. The third-order valence-electron chi connectivity index (χ3n) is 6.68. The maximum Gasteiger partial charge on any atom is 0.340 e. The van der Waals surface area contributed by atoms with Gasteiger partial charge in [-0.05, 0) is 92.9 Å². The second kappa shape index (κ2) is 13.5. The number of carbonyl (C=O) groups is 2. The summed E-state index contributed by atoms with van der Waals surface area (Å²) < 4.78 is 24.2. The molecule has 0 bridgehead atoms. The molecular weight excluding hydrogens is 506 g/mol. The fraction of sp³-hybridized carbons (Fsp3) is 0.273. The predicted molar refractivity (Wildman–Crippen MR) is 157 cm³/mol. The van der Waals surface area contributed by atoms with Crippen LogP contribution in [-0.2, 0) is 11.8 Å². The number of unbranched alkanes of at least 4 members (excludes halogenated alkanes) is 1. The number of ether oxygens (including phenoxy) is 4. The van der Waals surface area contributed by atoms with Crippen molar-refractivity contribution in [2.24, 2.45) is 7.05 Å². The van der Waals surface area contributed by atoms with Crippen molar-refractivity contribution in [2.75, 3.05) is 26.9 Å². The minimum Gasteiger partial charge on any atom is -0.497 e. The van der Waals surface area contributed by atoms with Crippen molar-refractivity contribution in [3.8, 4) is 17.2 Å². The second-order valence-electron chi connectivity index (χ2n) is 9.32. The molecule has 0 N–H and O–H groups in total. The molecule has 7 nitrogen and oxygen atoms in total. The number of hydrogen-bond acceptors (Lipinski definition) is 6. The van der Waals surface area contributed by atoms with E-state index in [9.17, 15) is 9.59 Å². The van der Waals surface area contributed by atoms with Crippen molar-refractivity contribution in [3.63, 3.8) is 0 Å². The molecular formula is C33H35NO6. The van der Waals surface area contributed by atoms with Gasteiger partial charge in [0, 0.05) is 29.2 Å². The Bertz CT molecular complexity index is 1500. The van der Waals surface area contributed by atoms with Crippen molar-refractivity contribution in [3.05, 3.63) is 95.2 Å². The van der Waals surface area contributed by atoms with Crippen LogP contribution in [0.3, 0.4) is 0 Å². The quantitative estimate of drug-likeness (QED) is 0.0801. The lowest BCUT2D eigenvalue weighted by molar-refractivity contribution is 0.0527. The Labute approximate surface area is 234 Å². The Hall–Kier alpha value is -4.52. The van der Waals surface area contributed by atoms with Crippen LogP contribution in [0.15, 0.2) is 72.8 Å². The molecule has 0 spiro atoms. The molecule has 0 radical (unpaired) electrons. The van der Waals surface area contributed by atoms with E-state index >= 15 is 0 Å². The van der Waals surface area contributed by atoms with Crippen molar-refractivity contribution < 1.29 is 28.5 Å². The van der Waals surface area contributed by atoms with E-state index in [1.807, 2.05) is 61.0 Å². The minimum atomic E-state index is -0.318. The van der Waals surface area contributed by atoms with Gasteiger partial charge in [-0.3, -0.25) is 4.79 Å². The monoisotopic (exact) mass is 541 g/mol. The largest absolute Gasteiger partial charge is 0.497 e. The van der Waals surface area contributed by atoms with Gasteiger partial charge in [0.1, 0.15) is 17.2 Å². The third kappa shape index (κ3) is 6.91. The average molecular weight is 542 g/mol. The molecule has 0 unspecified atom stereocenters. The van der Waals surface area contributed by atoms with Gasteiger partial charge >= 0.3 is 5.97 Å². The van der Waals surface area contributed by atoms with Crippen molar-refractivity contribution in [1.29, 1.82) is 0 Å². The highest BCUT2D eigenvalue weighted by molar-refractivity contribution is 6.07. The molecule has 0 aliphatic carbocycles. The summed E-state index contributed by atoms with van der Waals surface area (Å²) in [6.07, 6.45) is 4.95. The number of rotatable bonds is 13. The smallest absolute Gasteiger partial charge is 0.340 e. The van der Waals surface area contributed by atoms with Gasteiger partial charge in [0.15, 0.2) is 5.78 Å². The Morgan fingerprint density at radius 2 is 1.57 bits per heavy atom. The highest BCUT2D eigenvalue weighted by Gasteiger charge is 2.20. The van der Waals surface area contributed by atoms with Crippen LogP contribution in [0, 0.1) is 6.92 Å². The molecule has 0 amide bonds. The van der Waals surface area contributed by atoms with Crippen LogP contribution in [0.5, 0.6) is 17.2 Å². The summed E-state index contributed by atoms with van der Waals surface area (Å²) in [5.74, 6) is 1.78. The van der Waals surface area contributed by atoms with Crippen LogP contribution < -0.4 is 14.2 Å². The normalized spacial score (nSPS) is 11.1. The number of aromatic nitrogens is 1. The second-order valence-corrected chi connectivity index (χ2v) is 9.32. The van der Waals surface area contributed by atoms with Gasteiger partial charge in [0.2, 0.25) is 0 Å². The van der Waals surface area contributed by atoms with Crippen molar-refractivity contribution in [2.45, 2.75) is 26.7 Å². The summed E-state index contributed by atoms with van der Waals surface area (Å²) in [6.45, 7) is 5.12. The highest BCUT2D eigenvalue weighted by atomic mass is 16.5. The fourth-order valence-electron chi connectivity index (χ4n) is 4.41. The third-order valence-corrected chi connectivity index (χ3v) is 6.68. The standard InChI is InChI=1S/C33H35NO6/c1-5-38-33(36)32-23(2)34(3)30-17-16-28(22-29(30)32)40-20-7-6-19-39-26-14-12-25(13-15-26)31(35)18-11-24-9-8-10-27(21-24)37-4/h8-18,21-22H,5-7,19-20H2,1-4H3. The molecule has 0 saturated carbocycles. The van der Waals surface area contributed by atoms with Crippen LogP contribution in [0.1, 0.15) is 51.7 Å². The minimum absolute atomic E-state index is 0.0789. The number of benzene rings is 3. The molecule has 0 aliphatic rings. The predicted octanol–water partition coefficient (Wildman–Crippen LogP) is 6.81. The summed E-state index contributed by atoms with van der Waals surface area (Å²) in [5.41, 5.74) is 3.90. The lowest BCUT2D eigenvalue weighted by atomic mass is 10.1. The fourth-order valence-corrected chi connectivity index (χ4v) is 4.41. The average Bonchev–Trinajstić information content (AvgIpc) is 3.22. The summed E-state index contributed by atoms with van der Waals surface area (Å²) in [7, 11) is 3.55. The zero-order chi connectivity index (χ0) is 28.5. The highest BCUT2D eigenvalue weighted by Crippen LogP contribution is 2.29. The van der Waals surface area contributed by atoms with Crippen LogP contribution in [-0.4, -0.2) is 43.3 Å². The van der Waals surface area contributed by atoms with E-state index in [-0.39, 0.29) is 11.8 Å². The van der Waals surface area contributed by atoms with E-state index in [1.165, 1.54) is 0 Å². The van der Waals surface area contributed by atoms with E-state index in [0.29, 0.717) is 42.4 Å². The Morgan fingerprint density at radius 1 is 0.875 bits per heavy atom. The summed E-state index contributed by atoms with van der Waals surface area (Å²) in [6, 6.07) is 20.5. The lowest BCUT2D eigenvalue weighted by Gasteiger charge is -2.09.